The lowest BCUT2D eigenvalue weighted by molar-refractivity contribution is 0.0247. The first kappa shape index (κ1) is 7.10. The van der Waals surface area contributed by atoms with Crippen LogP contribution in [0.3, 0.4) is 0 Å². The van der Waals surface area contributed by atoms with Gasteiger partial charge in [-0.2, -0.15) is 0 Å². The van der Waals surface area contributed by atoms with Crippen molar-refractivity contribution in [3.8, 4) is 0 Å². The predicted molar refractivity (Wildman–Crippen MR) is 24.9 cm³/mol. The lowest BCUT2D eigenvalue weighted by Gasteiger charge is -2.07. The molecule has 0 aromatic carbocycles. The van der Waals surface area contributed by atoms with E-state index in [0.29, 0.717) is 0 Å². The van der Waals surface area contributed by atoms with Gasteiger partial charge in [0.25, 0.3) is 0 Å². The highest BCUT2D eigenvalue weighted by molar-refractivity contribution is 6.11. The van der Waals surface area contributed by atoms with Crippen LogP contribution in [0, 0.1) is 0 Å². The Kier molecular flexibility index (Phi) is 3.19. The van der Waals surface area contributed by atoms with Crippen LogP contribution in [0.4, 0.5) is 0 Å². The molecule has 0 fully saturated rings. The largest absolute Gasteiger partial charge is 0.395 e. The summed E-state index contributed by atoms with van der Waals surface area (Å²) in [4.78, 5) is 0. The second-order valence-electron chi connectivity index (χ2n) is 1.19. The third-order valence-corrected chi connectivity index (χ3v) is 0.936. The molecule has 0 aliphatic heterocycles. The standard InChI is InChI=1S/C3H7O3Si/c4-1-2(5)3(6)7/h2-6H,1H2. The number of hydrogen-bond acceptors (Lipinski definition) is 3. The Labute approximate surface area is 45.0 Å². The molecule has 0 aromatic heterocycles. The molecule has 0 spiro atoms. The number of aliphatic hydroxyl groups excluding tert-OH is 3. The minimum absolute atomic E-state index is 0.426. The average molecular weight is 119 g/mol. The smallest absolute Gasteiger partial charge is 0.0991 e. The van der Waals surface area contributed by atoms with E-state index in [0.717, 1.165) is 0 Å². The molecule has 4 heteroatoms. The SMILES string of the molecule is OCC(O)C(O)[Si]. The molecule has 7 heavy (non-hydrogen) atoms. The van der Waals surface area contributed by atoms with Crippen molar-refractivity contribution in [2.24, 2.45) is 0 Å². The van der Waals surface area contributed by atoms with Crippen LogP contribution in [0.25, 0.3) is 0 Å². The van der Waals surface area contributed by atoms with Gasteiger partial charge in [-0.05, 0) is 0 Å². The summed E-state index contributed by atoms with van der Waals surface area (Å²) in [6.07, 6.45) is -1.07. The van der Waals surface area contributed by atoms with Gasteiger partial charge in [0.05, 0.1) is 28.7 Å². The maximum absolute atomic E-state index is 8.39. The van der Waals surface area contributed by atoms with Crippen LogP contribution in [0.15, 0.2) is 0 Å². The fourth-order valence-electron chi connectivity index (χ4n) is 0.0998. The van der Waals surface area contributed by atoms with Crippen LogP contribution in [-0.2, 0) is 0 Å². The van der Waals surface area contributed by atoms with Gasteiger partial charge in [-0.1, -0.05) is 0 Å². The van der Waals surface area contributed by atoms with E-state index in [1.165, 1.54) is 0 Å². The number of hydrogen-bond donors (Lipinski definition) is 3. The zero-order valence-electron chi connectivity index (χ0n) is 3.70. The van der Waals surface area contributed by atoms with E-state index in [2.05, 4.69) is 10.2 Å². The lowest BCUT2D eigenvalue weighted by atomic mass is 10.4. The summed E-state index contributed by atoms with van der Waals surface area (Å²) in [5.74, 6) is 0. The predicted octanol–water partition coefficient (Wildman–Crippen LogP) is -2.17. The van der Waals surface area contributed by atoms with E-state index < -0.39 is 18.4 Å². The molecule has 0 bridgehead atoms. The van der Waals surface area contributed by atoms with Gasteiger partial charge in [0.1, 0.15) is 0 Å². The van der Waals surface area contributed by atoms with Gasteiger partial charge in [0.2, 0.25) is 0 Å². The highest BCUT2D eigenvalue weighted by Crippen LogP contribution is 1.83. The van der Waals surface area contributed by atoms with Crippen molar-refractivity contribution in [2.75, 3.05) is 6.61 Å². The molecule has 0 saturated carbocycles. The topological polar surface area (TPSA) is 60.7 Å². The van der Waals surface area contributed by atoms with Gasteiger partial charge in [-0.25, -0.2) is 0 Å². The first-order valence-corrected chi connectivity index (χ1v) is 2.44. The van der Waals surface area contributed by atoms with Crippen LogP contribution >= 0.6 is 0 Å². The van der Waals surface area contributed by atoms with E-state index in [1.54, 1.807) is 0 Å². The summed E-state index contributed by atoms with van der Waals surface area (Å²) in [6, 6.07) is 0. The fraction of sp³-hybridized carbons (Fsp3) is 1.00. The van der Waals surface area contributed by atoms with E-state index in [4.69, 9.17) is 15.3 Å². The van der Waals surface area contributed by atoms with Gasteiger partial charge in [0.15, 0.2) is 0 Å². The van der Waals surface area contributed by atoms with Crippen LogP contribution in [0.1, 0.15) is 0 Å². The minimum Gasteiger partial charge on any atom is -0.395 e. The summed E-state index contributed by atoms with van der Waals surface area (Å²) in [5, 5.41) is 24.8. The molecule has 2 atom stereocenters. The van der Waals surface area contributed by atoms with Gasteiger partial charge < -0.3 is 15.3 Å². The lowest BCUT2D eigenvalue weighted by Crippen LogP contribution is -2.28. The Morgan fingerprint density at radius 2 is 1.86 bits per heavy atom. The molecule has 0 heterocycles. The maximum Gasteiger partial charge on any atom is 0.0991 e. The van der Waals surface area contributed by atoms with Crippen molar-refractivity contribution in [2.45, 2.75) is 11.8 Å². The van der Waals surface area contributed by atoms with Gasteiger partial charge in [-0.3, -0.25) is 0 Å². The van der Waals surface area contributed by atoms with Crippen molar-refractivity contribution in [3.05, 3.63) is 0 Å². The zero-order valence-corrected chi connectivity index (χ0v) is 4.70. The molecule has 0 aliphatic rings. The Hall–Kier alpha value is 0.0969. The van der Waals surface area contributed by atoms with Crippen molar-refractivity contribution in [1.82, 2.24) is 0 Å². The molecule has 3 nitrogen and oxygen atoms in total. The van der Waals surface area contributed by atoms with E-state index in [1.807, 2.05) is 0 Å². The molecular weight excluding hydrogens is 112 g/mol. The molecule has 0 aromatic rings. The van der Waals surface area contributed by atoms with Crippen molar-refractivity contribution < 1.29 is 15.3 Å². The van der Waals surface area contributed by atoms with Gasteiger partial charge in [-0.15, -0.1) is 0 Å². The molecular formula is C3H7O3Si. The van der Waals surface area contributed by atoms with E-state index >= 15 is 0 Å². The summed E-state index contributed by atoms with van der Waals surface area (Å²) < 4.78 is 0. The molecule has 0 amide bonds. The third-order valence-electron chi connectivity index (χ3n) is 0.552. The first-order chi connectivity index (χ1) is 3.18. The quantitative estimate of drug-likeness (QED) is 0.362. The first-order valence-electron chi connectivity index (χ1n) is 1.86. The Morgan fingerprint density at radius 1 is 1.43 bits per heavy atom. The molecule has 2 unspecified atom stereocenters. The van der Waals surface area contributed by atoms with Crippen LogP contribution < -0.4 is 0 Å². The average Bonchev–Trinajstić information content (AvgIpc) is 1.65. The molecule has 0 saturated heterocycles. The third kappa shape index (κ3) is 2.75. The normalized spacial score (nSPS) is 18.9. The summed E-state index contributed by atoms with van der Waals surface area (Å²) in [5.41, 5.74) is -1.02. The van der Waals surface area contributed by atoms with Gasteiger partial charge in [0, 0.05) is 0 Å². The van der Waals surface area contributed by atoms with Crippen molar-refractivity contribution in [1.29, 1.82) is 0 Å². The fourth-order valence-corrected chi connectivity index (χ4v) is 0.205. The van der Waals surface area contributed by atoms with Crippen molar-refractivity contribution >= 4 is 10.2 Å². The molecule has 0 rings (SSSR count). The highest BCUT2D eigenvalue weighted by atomic mass is 28.1. The summed E-state index contributed by atoms with van der Waals surface area (Å²) in [6.45, 7) is -0.426. The molecule has 41 valence electrons. The molecule has 3 radical (unpaired) electrons. The van der Waals surface area contributed by atoms with E-state index in [-0.39, 0.29) is 0 Å². The second-order valence-corrected chi connectivity index (χ2v) is 1.79. The van der Waals surface area contributed by atoms with Gasteiger partial charge >= 0.3 is 0 Å². The Bertz CT molecular complexity index is 47.4. The van der Waals surface area contributed by atoms with E-state index in [9.17, 15) is 0 Å². The molecule has 0 aliphatic carbocycles. The highest BCUT2D eigenvalue weighted by Gasteiger charge is 2.06. The summed E-state index contributed by atoms with van der Waals surface area (Å²) >= 11 is 0. The van der Waals surface area contributed by atoms with Crippen LogP contribution in [-0.4, -0.2) is 44.0 Å². The Balaban J connectivity index is 3.14. The zero-order chi connectivity index (χ0) is 5.86. The van der Waals surface area contributed by atoms with Crippen molar-refractivity contribution in [3.63, 3.8) is 0 Å². The Morgan fingerprint density at radius 3 is 1.86 bits per heavy atom. The monoisotopic (exact) mass is 119 g/mol. The number of aliphatic hydroxyl groups is 3. The molecule has 3 N–H and O–H groups in total. The summed E-state index contributed by atoms with van der Waals surface area (Å²) in [7, 11) is 2.69. The maximum atomic E-state index is 8.39. The second kappa shape index (κ2) is 3.14. The minimum atomic E-state index is -1.07. The van der Waals surface area contributed by atoms with Crippen LogP contribution in [0.5, 0.6) is 0 Å². The van der Waals surface area contributed by atoms with Crippen LogP contribution in [0.2, 0.25) is 0 Å². The number of rotatable bonds is 2.